The maximum Gasteiger partial charge on any atom is 0.410 e. The Bertz CT molecular complexity index is 1310. The molecule has 4 heterocycles. The van der Waals surface area contributed by atoms with E-state index < -0.39 is 5.60 Å². The number of rotatable bonds is 3. The summed E-state index contributed by atoms with van der Waals surface area (Å²) in [7, 11) is 1.67. The van der Waals surface area contributed by atoms with Gasteiger partial charge in [0.25, 0.3) is 0 Å². The van der Waals surface area contributed by atoms with Crippen LogP contribution in [0.2, 0.25) is 0 Å². The summed E-state index contributed by atoms with van der Waals surface area (Å²) in [6.07, 6.45) is 7.20. The summed E-state index contributed by atoms with van der Waals surface area (Å²) in [5.74, 6) is 2.22. The number of hydrogen-bond acceptors (Lipinski definition) is 6. The van der Waals surface area contributed by atoms with Crippen LogP contribution in [0.4, 0.5) is 16.2 Å². The second-order valence-electron chi connectivity index (χ2n) is 11.1. The Morgan fingerprint density at radius 3 is 2.43 bits per heavy atom. The number of para-hydroxylation sites is 1. The zero-order valence-corrected chi connectivity index (χ0v) is 21.8. The van der Waals surface area contributed by atoms with Crippen LogP contribution >= 0.6 is 0 Å². The third-order valence-electron chi connectivity index (χ3n) is 7.54. The van der Waals surface area contributed by atoms with E-state index in [-0.39, 0.29) is 24.2 Å². The molecule has 7 heteroatoms. The zero-order valence-electron chi connectivity index (χ0n) is 21.8. The first kappa shape index (κ1) is 23.6. The number of benzene rings is 2. The Labute approximate surface area is 218 Å². The van der Waals surface area contributed by atoms with Crippen molar-refractivity contribution in [2.75, 3.05) is 12.0 Å². The van der Waals surface area contributed by atoms with Crippen LogP contribution in [0.5, 0.6) is 17.2 Å². The summed E-state index contributed by atoms with van der Waals surface area (Å²) in [4.78, 5) is 21.7. The van der Waals surface area contributed by atoms with E-state index in [2.05, 4.69) is 34.1 Å². The molecule has 1 unspecified atom stereocenters. The SMILES string of the molecule is COc1cccc2c1Oc1cc(-c3cccnc3)ccc1N2C1C[C@H]2CC[C@@H](C1)N2C(=O)OC(C)(C)C. The largest absolute Gasteiger partial charge is 0.493 e. The minimum Gasteiger partial charge on any atom is -0.493 e. The quantitative estimate of drug-likeness (QED) is 0.389. The second kappa shape index (κ2) is 8.98. The first-order valence-corrected chi connectivity index (χ1v) is 13.0. The summed E-state index contributed by atoms with van der Waals surface area (Å²) in [5, 5.41) is 0. The third kappa shape index (κ3) is 4.26. The number of pyridine rings is 1. The highest BCUT2D eigenvalue weighted by Crippen LogP contribution is 2.54. The number of aromatic nitrogens is 1. The van der Waals surface area contributed by atoms with Gasteiger partial charge in [-0.1, -0.05) is 18.2 Å². The molecule has 0 N–H and O–H groups in total. The highest BCUT2D eigenvalue weighted by molar-refractivity contribution is 5.83. The highest BCUT2D eigenvalue weighted by Gasteiger charge is 2.47. The maximum atomic E-state index is 13.1. The van der Waals surface area contributed by atoms with E-state index in [1.165, 1.54) is 0 Å². The van der Waals surface area contributed by atoms with Gasteiger partial charge in [-0.3, -0.25) is 4.98 Å². The van der Waals surface area contributed by atoms with Crippen molar-refractivity contribution in [3.05, 3.63) is 60.9 Å². The number of methoxy groups -OCH3 is 1. The molecular weight excluding hydrogens is 466 g/mol. The van der Waals surface area contributed by atoms with Gasteiger partial charge in [0.2, 0.25) is 0 Å². The fraction of sp³-hybridized carbons (Fsp3) is 0.400. The molecule has 3 aromatic rings. The van der Waals surface area contributed by atoms with E-state index in [0.717, 1.165) is 59.7 Å². The van der Waals surface area contributed by atoms with Crippen LogP contribution in [-0.4, -0.2) is 46.8 Å². The van der Waals surface area contributed by atoms with Gasteiger partial charge in [0.15, 0.2) is 17.2 Å². The van der Waals surface area contributed by atoms with Crippen molar-refractivity contribution in [1.82, 2.24) is 9.88 Å². The number of hydrogen-bond donors (Lipinski definition) is 0. The number of ether oxygens (including phenoxy) is 3. The average molecular weight is 500 g/mol. The molecule has 37 heavy (non-hydrogen) atoms. The van der Waals surface area contributed by atoms with Gasteiger partial charge in [-0.2, -0.15) is 0 Å². The molecule has 0 saturated carbocycles. The monoisotopic (exact) mass is 499 g/mol. The smallest absolute Gasteiger partial charge is 0.410 e. The van der Waals surface area contributed by atoms with Gasteiger partial charge >= 0.3 is 6.09 Å². The molecule has 1 aromatic heterocycles. The third-order valence-corrected chi connectivity index (χ3v) is 7.54. The number of amides is 1. The van der Waals surface area contributed by atoms with Crippen molar-refractivity contribution in [1.29, 1.82) is 0 Å². The molecule has 3 aliphatic heterocycles. The van der Waals surface area contributed by atoms with E-state index >= 15 is 0 Å². The van der Waals surface area contributed by atoms with Crippen molar-refractivity contribution >= 4 is 17.5 Å². The molecule has 0 aliphatic carbocycles. The van der Waals surface area contributed by atoms with Crippen LogP contribution < -0.4 is 14.4 Å². The predicted octanol–water partition coefficient (Wildman–Crippen LogP) is 6.93. The number of carbonyl (C=O) groups is 1. The van der Waals surface area contributed by atoms with Gasteiger partial charge in [0.1, 0.15) is 5.60 Å². The van der Waals surface area contributed by atoms with E-state index in [0.29, 0.717) is 5.75 Å². The molecule has 3 atom stereocenters. The van der Waals surface area contributed by atoms with E-state index in [1.807, 2.05) is 56.1 Å². The van der Waals surface area contributed by atoms with Crippen LogP contribution in [-0.2, 0) is 4.74 Å². The molecule has 0 radical (unpaired) electrons. The highest BCUT2D eigenvalue weighted by atomic mass is 16.6. The number of anilines is 2. The predicted molar refractivity (Wildman–Crippen MR) is 143 cm³/mol. The zero-order chi connectivity index (χ0) is 25.7. The Morgan fingerprint density at radius 1 is 0.973 bits per heavy atom. The van der Waals surface area contributed by atoms with Crippen LogP contribution in [0.25, 0.3) is 11.1 Å². The van der Waals surface area contributed by atoms with E-state index in [4.69, 9.17) is 14.2 Å². The van der Waals surface area contributed by atoms with Crippen molar-refractivity contribution < 1.29 is 19.0 Å². The van der Waals surface area contributed by atoms with Crippen LogP contribution in [0.15, 0.2) is 60.9 Å². The average Bonchev–Trinajstić information content (AvgIpc) is 3.16. The summed E-state index contributed by atoms with van der Waals surface area (Å²) in [6.45, 7) is 5.77. The fourth-order valence-corrected chi connectivity index (χ4v) is 6.07. The van der Waals surface area contributed by atoms with Crippen LogP contribution in [0.1, 0.15) is 46.5 Å². The lowest BCUT2D eigenvalue weighted by Gasteiger charge is -2.46. The Balaban J connectivity index is 1.37. The van der Waals surface area contributed by atoms with Gasteiger partial charge in [0, 0.05) is 36.1 Å². The second-order valence-corrected chi connectivity index (χ2v) is 11.1. The fourth-order valence-electron chi connectivity index (χ4n) is 6.07. The lowest BCUT2D eigenvalue weighted by molar-refractivity contribution is 0.00613. The normalized spacial score (nSPS) is 22.1. The molecule has 2 fully saturated rings. The maximum absolute atomic E-state index is 13.1. The van der Waals surface area contributed by atoms with Crippen molar-refractivity contribution in [3.63, 3.8) is 0 Å². The standard InChI is InChI=1S/C30H33N3O4/c1-30(2,3)37-29(34)32-21-11-12-22(32)17-23(16-21)33-24-13-10-19(20-7-6-14-31-18-20)15-27(24)36-28-25(33)8-5-9-26(28)35-4/h5-10,13-15,18,21-23H,11-12,16-17H2,1-4H3/t21-,22+,23?. The molecule has 2 bridgehead atoms. The van der Waals surface area contributed by atoms with Crippen LogP contribution in [0, 0.1) is 0 Å². The minimum atomic E-state index is -0.502. The molecule has 2 aromatic carbocycles. The number of carbonyl (C=O) groups excluding carboxylic acids is 1. The van der Waals surface area contributed by atoms with E-state index in [9.17, 15) is 4.79 Å². The van der Waals surface area contributed by atoms with Gasteiger partial charge in [-0.25, -0.2) is 4.79 Å². The minimum absolute atomic E-state index is 0.161. The Kier molecular flexibility index (Phi) is 5.74. The number of nitrogens with zero attached hydrogens (tertiary/aromatic N) is 3. The summed E-state index contributed by atoms with van der Waals surface area (Å²) in [5.41, 5.74) is 3.61. The first-order valence-electron chi connectivity index (χ1n) is 13.0. The topological polar surface area (TPSA) is 64.1 Å². The summed E-state index contributed by atoms with van der Waals surface area (Å²) < 4.78 is 18.0. The Hall–Kier alpha value is -3.74. The Morgan fingerprint density at radius 2 is 1.76 bits per heavy atom. The van der Waals surface area contributed by atoms with Gasteiger partial charge < -0.3 is 24.0 Å². The molecule has 2 saturated heterocycles. The van der Waals surface area contributed by atoms with Gasteiger partial charge in [-0.05, 0) is 82.3 Å². The van der Waals surface area contributed by atoms with Gasteiger partial charge in [-0.15, -0.1) is 0 Å². The van der Waals surface area contributed by atoms with Crippen molar-refractivity contribution in [3.8, 4) is 28.4 Å². The first-order chi connectivity index (χ1) is 17.8. The van der Waals surface area contributed by atoms with Crippen LogP contribution in [0.3, 0.4) is 0 Å². The van der Waals surface area contributed by atoms with Crippen molar-refractivity contribution in [2.24, 2.45) is 0 Å². The molecule has 7 nitrogen and oxygen atoms in total. The molecular formula is C30H33N3O4. The van der Waals surface area contributed by atoms with E-state index in [1.54, 1.807) is 13.3 Å². The molecule has 6 rings (SSSR count). The van der Waals surface area contributed by atoms with Crippen molar-refractivity contribution in [2.45, 2.75) is 70.2 Å². The molecule has 1 amide bonds. The lowest BCUT2D eigenvalue weighted by Crippen LogP contribution is -2.53. The molecule has 0 spiro atoms. The number of fused-ring (bicyclic) bond motifs is 4. The number of piperidine rings is 1. The van der Waals surface area contributed by atoms with Gasteiger partial charge in [0.05, 0.1) is 18.5 Å². The summed E-state index contributed by atoms with van der Waals surface area (Å²) in [6, 6.07) is 16.9. The lowest BCUT2D eigenvalue weighted by atomic mass is 9.94. The molecule has 192 valence electrons. The summed E-state index contributed by atoms with van der Waals surface area (Å²) >= 11 is 0. The molecule has 3 aliphatic rings.